The summed E-state index contributed by atoms with van der Waals surface area (Å²) in [7, 11) is -1.49. The van der Waals surface area contributed by atoms with Crippen LogP contribution in [0.25, 0.3) is 11.0 Å². The molecule has 2 fully saturated rings. The van der Waals surface area contributed by atoms with Gasteiger partial charge in [0.1, 0.15) is 21.7 Å². The Morgan fingerprint density at radius 1 is 1.14 bits per heavy atom. The Hall–Kier alpha value is -3.71. The third-order valence-electron chi connectivity index (χ3n) is 8.88. The van der Waals surface area contributed by atoms with Crippen LogP contribution in [0.5, 0.6) is 5.75 Å². The molecule has 0 bridgehead atoms. The van der Waals surface area contributed by atoms with Crippen LogP contribution in [-0.4, -0.2) is 69.7 Å². The first-order chi connectivity index (χ1) is 20.7. The molecular formula is C31H36N6O5S. The average molecular weight is 605 g/mol. The standard InChI is InChI=1S/C31H36N6O5S/c1-19-7-8-20(25(16-29(38)39)21-14-26-30(35(2)34-33-26)27(15-21)42-24-9-10-24)13-22(19)17-36-18-23-5-4-12-37(23)31-28(43(36,40)41)6-3-11-32-31/h3,6-8,11,13-15,23-25,40-41H,4-5,9-10,12,16-18H2,1-2H3,(H,38,39)/t23-,25?/m1/s1. The minimum Gasteiger partial charge on any atom is -0.488 e. The van der Waals surface area contributed by atoms with Gasteiger partial charge in [0.2, 0.25) is 0 Å². The molecule has 1 saturated carbocycles. The number of aliphatic carboxylic acids is 1. The van der Waals surface area contributed by atoms with Crippen LogP contribution in [0.4, 0.5) is 5.82 Å². The molecule has 226 valence electrons. The summed E-state index contributed by atoms with van der Waals surface area (Å²) in [6.07, 6.45) is 5.71. The fourth-order valence-corrected chi connectivity index (χ4v) is 8.10. The van der Waals surface area contributed by atoms with Gasteiger partial charge in [-0.1, -0.05) is 23.4 Å². The van der Waals surface area contributed by atoms with E-state index in [1.807, 2.05) is 44.3 Å². The monoisotopic (exact) mass is 604 g/mol. The second-order valence-electron chi connectivity index (χ2n) is 11.9. The Kier molecular flexibility index (Phi) is 7.04. The van der Waals surface area contributed by atoms with Crippen LogP contribution in [-0.2, 0) is 18.4 Å². The van der Waals surface area contributed by atoms with Gasteiger partial charge < -0.3 is 14.7 Å². The number of nitrogens with zero attached hydrogens (tertiary/aromatic N) is 6. The molecule has 2 aliphatic heterocycles. The van der Waals surface area contributed by atoms with Crippen molar-refractivity contribution in [2.24, 2.45) is 7.05 Å². The molecule has 1 aliphatic carbocycles. The number of carbonyl (C=O) groups is 1. The maximum absolute atomic E-state index is 12.2. The van der Waals surface area contributed by atoms with Crippen molar-refractivity contribution in [1.82, 2.24) is 24.3 Å². The number of hydrogen-bond donors (Lipinski definition) is 3. The summed E-state index contributed by atoms with van der Waals surface area (Å²) >= 11 is 0. The minimum absolute atomic E-state index is 0.119. The SMILES string of the molecule is Cc1ccc(C(CC(=O)O)c2cc(OC3CC3)c3c(c2)nnn3C)cc1CN1C[C@H]2CCCN2c2ncccc2S1(O)O. The van der Waals surface area contributed by atoms with E-state index in [0.29, 0.717) is 35.1 Å². The van der Waals surface area contributed by atoms with E-state index in [9.17, 15) is 19.0 Å². The van der Waals surface area contributed by atoms with Crippen molar-refractivity contribution in [2.75, 3.05) is 18.0 Å². The molecule has 12 heteroatoms. The van der Waals surface area contributed by atoms with Crippen LogP contribution < -0.4 is 9.64 Å². The van der Waals surface area contributed by atoms with Gasteiger partial charge in [0.15, 0.2) is 5.82 Å². The van der Waals surface area contributed by atoms with E-state index in [1.54, 1.807) is 27.3 Å². The molecular weight excluding hydrogens is 568 g/mol. The highest BCUT2D eigenvalue weighted by molar-refractivity contribution is 8.22. The Morgan fingerprint density at radius 3 is 2.77 bits per heavy atom. The van der Waals surface area contributed by atoms with E-state index in [4.69, 9.17) is 4.74 Å². The Morgan fingerprint density at radius 2 is 1.98 bits per heavy atom. The number of ether oxygens (including phenoxy) is 1. The van der Waals surface area contributed by atoms with Gasteiger partial charge >= 0.3 is 5.97 Å². The molecule has 1 unspecified atom stereocenters. The first-order valence-electron chi connectivity index (χ1n) is 14.7. The summed E-state index contributed by atoms with van der Waals surface area (Å²) in [4.78, 5) is 19.4. The molecule has 2 aromatic heterocycles. The van der Waals surface area contributed by atoms with Crippen molar-refractivity contribution in [2.45, 2.75) is 68.5 Å². The zero-order chi connectivity index (χ0) is 29.9. The van der Waals surface area contributed by atoms with E-state index in [-0.39, 0.29) is 18.6 Å². The van der Waals surface area contributed by atoms with Gasteiger partial charge in [0.25, 0.3) is 0 Å². The molecule has 2 aromatic carbocycles. The third kappa shape index (κ3) is 5.22. The molecule has 43 heavy (non-hydrogen) atoms. The summed E-state index contributed by atoms with van der Waals surface area (Å²) in [5.41, 5.74) is 4.98. The molecule has 1 saturated heterocycles. The minimum atomic E-state index is -3.31. The quantitative estimate of drug-likeness (QED) is 0.242. The maximum atomic E-state index is 12.2. The number of aromatic nitrogens is 4. The first kappa shape index (κ1) is 28.1. The van der Waals surface area contributed by atoms with Gasteiger partial charge in [-0.05, 0) is 79.1 Å². The fourth-order valence-electron chi connectivity index (χ4n) is 6.45. The molecule has 2 atom stereocenters. The second-order valence-corrected chi connectivity index (χ2v) is 13.9. The van der Waals surface area contributed by atoms with E-state index in [1.165, 1.54) is 0 Å². The van der Waals surface area contributed by atoms with Crippen molar-refractivity contribution >= 4 is 33.6 Å². The highest BCUT2D eigenvalue weighted by Crippen LogP contribution is 2.58. The summed E-state index contributed by atoms with van der Waals surface area (Å²) < 4.78 is 33.0. The summed E-state index contributed by atoms with van der Waals surface area (Å²) in [5.74, 6) is -0.0621. The number of hydrogen-bond acceptors (Lipinski definition) is 9. The zero-order valence-electron chi connectivity index (χ0n) is 24.3. The molecule has 4 aromatic rings. The number of anilines is 1. The van der Waals surface area contributed by atoms with E-state index >= 15 is 0 Å². The maximum Gasteiger partial charge on any atom is 0.304 e. The largest absolute Gasteiger partial charge is 0.488 e. The lowest BCUT2D eigenvalue weighted by Crippen LogP contribution is -2.38. The third-order valence-corrected chi connectivity index (χ3v) is 10.8. The number of carboxylic acids is 1. The highest BCUT2D eigenvalue weighted by Gasteiger charge is 2.40. The van der Waals surface area contributed by atoms with Gasteiger partial charge in [-0.3, -0.25) is 13.9 Å². The molecule has 3 N–H and O–H groups in total. The summed E-state index contributed by atoms with van der Waals surface area (Å²) in [6, 6.07) is 13.5. The number of carboxylic acid groups (broad SMARTS) is 1. The van der Waals surface area contributed by atoms with Crippen molar-refractivity contribution in [3.05, 3.63) is 70.9 Å². The predicted octanol–water partition coefficient (Wildman–Crippen LogP) is 5.33. The predicted molar refractivity (Wildman–Crippen MR) is 164 cm³/mol. The number of aryl methyl sites for hydroxylation is 2. The normalized spacial score (nSPS) is 21.2. The molecule has 0 amide bonds. The number of benzene rings is 2. The average Bonchev–Trinajstić information content (AvgIpc) is 3.56. The lowest BCUT2D eigenvalue weighted by atomic mass is 9.86. The molecule has 0 spiro atoms. The Labute approximate surface area is 251 Å². The summed E-state index contributed by atoms with van der Waals surface area (Å²) in [6.45, 7) is 3.64. The zero-order valence-corrected chi connectivity index (χ0v) is 25.1. The smallest absolute Gasteiger partial charge is 0.304 e. The summed E-state index contributed by atoms with van der Waals surface area (Å²) in [5, 5.41) is 18.5. The van der Waals surface area contributed by atoms with Crippen LogP contribution in [0.2, 0.25) is 0 Å². The van der Waals surface area contributed by atoms with Gasteiger partial charge in [0, 0.05) is 44.8 Å². The van der Waals surface area contributed by atoms with Crippen molar-refractivity contribution in [3.63, 3.8) is 0 Å². The fraction of sp³-hybridized carbons (Fsp3) is 0.419. The molecule has 0 radical (unpaired) electrons. The van der Waals surface area contributed by atoms with Crippen LogP contribution in [0.1, 0.15) is 60.3 Å². The van der Waals surface area contributed by atoms with Crippen LogP contribution in [0.15, 0.2) is 53.6 Å². The number of rotatable bonds is 8. The number of fused-ring (bicyclic) bond motifs is 4. The van der Waals surface area contributed by atoms with Crippen LogP contribution in [0, 0.1) is 6.92 Å². The molecule has 11 nitrogen and oxygen atoms in total. The Balaban J connectivity index is 1.26. The van der Waals surface area contributed by atoms with E-state index in [0.717, 1.165) is 60.0 Å². The second kappa shape index (κ2) is 10.8. The lowest BCUT2D eigenvalue weighted by Gasteiger charge is -2.42. The van der Waals surface area contributed by atoms with Gasteiger partial charge in [-0.25, -0.2) is 9.67 Å². The number of pyridine rings is 1. The lowest BCUT2D eigenvalue weighted by molar-refractivity contribution is -0.137. The first-order valence-corrected chi connectivity index (χ1v) is 16.3. The molecule has 3 aliphatic rings. The highest BCUT2D eigenvalue weighted by atomic mass is 32.3. The molecule has 7 rings (SSSR count). The van der Waals surface area contributed by atoms with Crippen molar-refractivity contribution in [1.29, 1.82) is 0 Å². The Bertz CT molecular complexity index is 1710. The van der Waals surface area contributed by atoms with Crippen LogP contribution in [0.3, 0.4) is 0 Å². The van der Waals surface area contributed by atoms with Gasteiger partial charge in [-0.2, -0.15) is 4.31 Å². The topological polar surface area (TPSA) is 137 Å². The van der Waals surface area contributed by atoms with Crippen molar-refractivity contribution < 1.29 is 23.7 Å². The molecule has 4 heterocycles. The van der Waals surface area contributed by atoms with Gasteiger partial charge in [-0.15, -0.1) is 15.9 Å². The van der Waals surface area contributed by atoms with E-state index in [2.05, 4.69) is 20.2 Å². The van der Waals surface area contributed by atoms with Crippen molar-refractivity contribution in [3.8, 4) is 5.75 Å². The van der Waals surface area contributed by atoms with Crippen LogP contribution >= 0.6 is 10.8 Å². The van der Waals surface area contributed by atoms with E-state index < -0.39 is 22.7 Å². The van der Waals surface area contributed by atoms with Gasteiger partial charge in [0.05, 0.1) is 12.5 Å².